The molecule has 0 bridgehead atoms. The van der Waals surface area contributed by atoms with E-state index in [0.717, 1.165) is 30.5 Å². The van der Waals surface area contributed by atoms with Crippen molar-refractivity contribution in [1.82, 2.24) is 4.90 Å². The van der Waals surface area contributed by atoms with Crippen LogP contribution in [-0.2, 0) is 0 Å². The quantitative estimate of drug-likeness (QED) is 0.608. The second kappa shape index (κ2) is 5.60. The van der Waals surface area contributed by atoms with Crippen molar-refractivity contribution < 1.29 is 4.79 Å². The Kier molecular flexibility index (Phi) is 3.67. The van der Waals surface area contributed by atoms with Gasteiger partial charge in [0.15, 0.2) is 5.78 Å². The van der Waals surface area contributed by atoms with E-state index >= 15 is 0 Å². The van der Waals surface area contributed by atoms with E-state index in [-0.39, 0.29) is 5.78 Å². The number of hydrogen-bond donors (Lipinski definition) is 0. The summed E-state index contributed by atoms with van der Waals surface area (Å²) in [6.45, 7) is 2.28. The molecular weight excluding hydrogens is 234 g/mol. The van der Waals surface area contributed by atoms with E-state index in [1.807, 2.05) is 36.5 Å². The zero-order valence-corrected chi connectivity index (χ0v) is 11.3. The molecule has 1 saturated carbocycles. The van der Waals surface area contributed by atoms with Crippen molar-refractivity contribution in [2.75, 3.05) is 13.1 Å². The van der Waals surface area contributed by atoms with Crippen molar-refractivity contribution in [3.8, 4) is 0 Å². The lowest BCUT2D eigenvalue weighted by Crippen LogP contribution is -2.16. The number of allylic oxidation sites excluding steroid dienone is 1. The summed E-state index contributed by atoms with van der Waals surface area (Å²) in [5.74, 6) is 1.84. The van der Waals surface area contributed by atoms with Gasteiger partial charge in [-0.2, -0.15) is 0 Å². The molecule has 1 aliphatic carbocycles. The van der Waals surface area contributed by atoms with Gasteiger partial charge >= 0.3 is 0 Å². The number of fused-ring (bicyclic) bond motifs is 1. The standard InChI is InChI=1S/C17H21NO/c19-17(14-6-2-1-3-7-14)10-11-18-12-15-8-4-5-9-16(15)13-18/h1-3,6-7,10-11,15-16H,4-5,8-9,12-13H2/b11-10+/t15-,16+. The molecule has 2 heteroatoms. The van der Waals surface area contributed by atoms with Crippen LogP contribution in [0.5, 0.6) is 0 Å². The lowest BCUT2D eigenvalue weighted by Gasteiger charge is -2.22. The van der Waals surface area contributed by atoms with Crippen LogP contribution in [0.15, 0.2) is 42.6 Å². The first-order chi connectivity index (χ1) is 9.33. The summed E-state index contributed by atoms with van der Waals surface area (Å²) in [7, 11) is 0. The number of benzene rings is 1. The van der Waals surface area contributed by atoms with Crippen LogP contribution in [0.2, 0.25) is 0 Å². The monoisotopic (exact) mass is 255 g/mol. The summed E-state index contributed by atoms with van der Waals surface area (Å²) in [5.41, 5.74) is 0.773. The van der Waals surface area contributed by atoms with Gasteiger partial charge in [-0.3, -0.25) is 4.79 Å². The maximum absolute atomic E-state index is 12.0. The zero-order chi connectivity index (χ0) is 13.1. The van der Waals surface area contributed by atoms with Crippen molar-refractivity contribution in [2.24, 2.45) is 11.8 Å². The number of carbonyl (C=O) groups excluding carboxylic acids is 1. The third-order valence-corrected chi connectivity index (χ3v) is 4.50. The number of rotatable bonds is 3. The smallest absolute Gasteiger partial charge is 0.187 e. The predicted molar refractivity (Wildman–Crippen MR) is 76.9 cm³/mol. The Bertz CT molecular complexity index is 451. The minimum atomic E-state index is 0.107. The van der Waals surface area contributed by atoms with Crippen molar-refractivity contribution in [2.45, 2.75) is 25.7 Å². The highest BCUT2D eigenvalue weighted by atomic mass is 16.1. The first-order valence-corrected chi connectivity index (χ1v) is 7.34. The maximum Gasteiger partial charge on any atom is 0.187 e. The molecule has 0 N–H and O–H groups in total. The van der Waals surface area contributed by atoms with Crippen molar-refractivity contribution in [3.63, 3.8) is 0 Å². The molecule has 0 amide bonds. The maximum atomic E-state index is 12.0. The summed E-state index contributed by atoms with van der Waals surface area (Å²) >= 11 is 0. The molecule has 2 fully saturated rings. The molecule has 100 valence electrons. The third-order valence-electron chi connectivity index (χ3n) is 4.50. The summed E-state index contributed by atoms with van der Waals surface area (Å²) in [4.78, 5) is 14.3. The van der Waals surface area contributed by atoms with Crippen LogP contribution >= 0.6 is 0 Å². The Balaban J connectivity index is 1.60. The number of carbonyl (C=O) groups is 1. The Hall–Kier alpha value is -1.57. The molecule has 2 nitrogen and oxygen atoms in total. The van der Waals surface area contributed by atoms with E-state index in [9.17, 15) is 4.79 Å². The normalized spacial score (nSPS) is 26.6. The fraction of sp³-hybridized carbons (Fsp3) is 0.471. The van der Waals surface area contributed by atoms with Crippen LogP contribution in [0.1, 0.15) is 36.0 Å². The topological polar surface area (TPSA) is 20.3 Å². The van der Waals surface area contributed by atoms with Gasteiger partial charge in [0.05, 0.1) is 0 Å². The molecule has 0 aromatic heterocycles. The van der Waals surface area contributed by atoms with E-state index in [1.165, 1.54) is 25.7 Å². The minimum absolute atomic E-state index is 0.107. The molecule has 0 radical (unpaired) electrons. The highest BCUT2D eigenvalue weighted by Gasteiger charge is 2.32. The number of nitrogens with zero attached hydrogens (tertiary/aromatic N) is 1. The average Bonchev–Trinajstić information content (AvgIpc) is 2.88. The lowest BCUT2D eigenvalue weighted by atomic mass is 9.82. The molecule has 3 rings (SSSR count). The van der Waals surface area contributed by atoms with Gasteiger partial charge in [-0.05, 0) is 24.7 Å². The van der Waals surface area contributed by atoms with E-state index < -0.39 is 0 Å². The van der Waals surface area contributed by atoms with Gasteiger partial charge in [-0.25, -0.2) is 0 Å². The van der Waals surface area contributed by atoms with Crippen LogP contribution in [0, 0.1) is 11.8 Å². The molecule has 0 spiro atoms. The Labute approximate surface area is 115 Å². The van der Waals surface area contributed by atoms with E-state index in [0.29, 0.717) is 0 Å². The SMILES string of the molecule is O=C(/C=C/N1C[C@H]2CCCC[C@H]2C1)c1ccccc1. The Morgan fingerprint density at radius 2 is 1.68 bits per heavy atom. The van der Waals surface area contributed by atoms with Crippen LogP contribution in [0.3, 0.4) is 0 Å². The largest absolute Gasteiger partial charge is 0.377 e. The molecule has 19 heavy (non-hydrogen) atoms. The van der Waals surface area contributed by atoms with Gasteiger partial charge < -0.3 is 4.90 Å². The molecule has 1 aliphatic heterocycles. The third kappa shape index (κ3) is 2.89. The van der Waals surface area contributed by atoms with Crippen LogP contribution in [-0.4, -0.2) is 23.8 Å². The van der Waals surface area contributed by atoms with Gasteiger partial charge in [0.2, 0.25) is 0 Å². The second-order valence-corrected chi connectivity index (χ2v) is 5.80. The number of hydrogen-bond acceptors (Lipinski definition) is 2. The van der Waals surface area contributed by atoms with Gasteiger partial charge in [-0.15, -0.1) is 0 Å². The zero-order valence-electron chi connectivity index (χ0n) is 11.3. The molecule has 1 heterocycles. The van der Waals surface area contributed by atoms with Gasteiger partial charge in [0.25, 0.3) is 0 Å². The number of ketones is 1. The molecular formula is C17H21NO. The summed E-state index contributed by atoms with van der Waals surface area (Å²) in [6.07, 6.45) is 9.27. The average molecular weight is 255 g/mol. The predicted octanol–water partition coefficient (Wildman–Crippen LogP) is 3.51. The van der Waals surface area contributed by atoms with Gasteiger partial charge in [0, 0.05) is 30.9 Å². The van der Waals surface area contributed by atoms with Crippen LogP contribution < -0.4 is 0 Å². The molecule has 2 aliphatic rings. The molecule has 1 aromatic rings. The molecule has 1 aromatic carbocycles. The molecule has 2 atom stereocenters. The lowest BCUT2D eigenvalue weighted by molar-refractivity contribution is 0.104. The number of likely N-dealkylation sites (tertiary alicyclic amines) is 1. The first kappa shape index (κ1) is 12.5. The summed E-state index contributed by atoms with van der Waals surface area (Å²) in [6, 6.07) is 9.50. The summed E-state index contributed by atoms with van der Waals surface area (Å²) in [5, 5.41) is 0. The Morgan fingerprint density at radius 3 is 2.32 bits per heavy atom. The van der Waals surface area contributed by atoms with Crippen molar-refractivity contribution in [1.29, 1.82) is 0 Å². The van der Waals surface area contributed by atoms with Crippen molar-refractivity contribution in [3.05, 3.63) is 48.2 Å². The second-order valence-electron chi connectivity index (χ2n) is 5.80. The fourth-order valence-corrected chi connectivity index (χ4v) is 3.44. The fourth-order valence-electron chi connectivity index (χ4n) is 3.44. The van der Waals surface area contributed by atoms with Gasteiger partial charge in [-0.1, -0.05) is 43.2 Å². The summed E-state index contributed by atoms with van der Waals surface area (Å²) < 4.78 is 0. The van der Waals surface area contributed by atoms with Crippen molar-refractivity contribution >= 4 is 5.78 Å². The van der Waals surface area contributed by atoms with E-state index in [2.05, 4.69) is 4.90 Å². The minimum Gasteiger partial charge on any atom is -0.377 e. The highest BCUT2D eigenvalue weighted by Crippen LogP contribution is 2.35. The Morgan fingerprint density at radius 1 is 1.05 bits per heavy atom. The molecule has 1 saturated heterocycles. The van der Waals surface area contributed by atoms with E-state index in [4.69, 9.17) is 0 Å². The highest BCUT2D eigenvalue weighted by molar-refractivity contribution is 6.04. The van der Waals surface area contributed by atoms with Crippen LogP contribution in [0.4, 0.5) is 0 Å². The first-order valence-electron chi connectivity index (χ1n) is 7.34. The van der Waals surface area contributed by atoms with E-state index in [1.54, 1.807) is 6.08 Å². The van der Waals surface area contributed by atoms with Gasteiger partial charge in [0.1, 0.15) is 0 Å². The van der Waals surface area contributed by atoms with Crippen LogP contribution in [0.25, 0.3) is 0 Å². The molecule has 0 unspecified atom stereocenters.